The molecule has 1 saturated carbocycles. The van der Waals surface area contributed by atoms with Gasteiger partial charge in [0.2, 0.25) is 5.89 Å². The summed E-state index contributed by atoms with van der Waals surface area (Å²) in [6.45, 7) is 1.91. The quantitative estimate of drug-likeness (QED) is 0.831. The van der Waals surface area contributed by atoms with Crippen LogP contribution in [-0.2, 0) is 4.79 Å². The molecule has 0 aromatic carbocycles. The average molecular weight is 324 g/mol. The van der Waals surface area contributed by atoms with Gasteiger partial charge in [0, 0.05) is 19.5 Å². The Balaban J connectivity index is 1.87. The predicted octanol–water partition coefficient (Wildman–Crippen LogP) is 2.29. The van der Waals surface area contributed by atoms with E-state index >= 15 is 0 Å². The molecule has 0 saturated heterocycles. The predicted molar refractivity (Wildman–Crippen MR) is 82.0 cm³/mol. The average Bonchev–Trinajstić information content (AvgIpc) is 3.03. The molecule has 0 spiro atoms. The van der Waals surface area contributed by atoms with Crippen LogP contribution in [0.25, 0.3) is 0 Å². The van der Waals surface area contributed by atoms with Crippen molar-refractivity contribution in [1.29, 1.82) is 0 Å². The summed E-state index contributed by atoms with van der Waals surface area (Å²) in [5.41, 5.74) is 0. The van der Waals surface area contributed by atoms with Crippen LogP contribution < -0.4 is 5.32 Å². The fraction of sp³-hybridized carbons (Fsp3) is 0.733. The Bertz CT molecular complexity index is 539. The van der Waals surface area contributed by atoms with E-state index in [1.807, 2.05) is 0 Å². The minimum absolute atomic E-state index is 0.0926. The van der Waals surface area contributed by atoms with Crippen LogP contribution in [0.4, 0.5) is 4.79 Å². The number of nitrogens with zero attached hydrogens (tertiary/aromatic N) is 3. The number of carbonyl (C=O) groups is 2. The molecule has 1 aliphatic rings. The molecule has 1 aliphatic carbocycles. The van der Waals surface area contributed by atoms with E-state index in [2.05, 4.69) is 15.5 Å². The fourth-order valence-corrected chi connectivity index (χ4v) is 2.67. The van der Waals surface area contributed by atoms with Crippen molar-refractivity contribution < 1.29 is 19.2 Å². The van der Waals surface area contributed by atoms with Crippen molar-refractivity contribution in [2.45, 2.75) is 57.4 Å². The van der Waals surface area contributed by atoms with Gasteiger partial charge in [-0.05, 0) is 19.8 Å². The Kier molecular flexibility index (Phi) is 5.95. The third-order valence-corrected chi connectivity index (χ3v) is 4.15. The molecule has 1 fully saturated rings. The zero-order valence-electron chi connectivity index (χ0n) is 13.6. The van der Waals surface area contributed by atoms with Crippen molar-refractivity contribution in [1.82, 2.24) is 20.4 Å². The number of rotatable bonds is 6. The second-order valence-electron chi connectivity index (χ2n) is 6.06. The van der Waals surface area contributed by atoms with Gasteiger partial charge in [-0.25, -0.2) is 4.79 Å². The van der Waals surface area contributed by atoms with Gasteiger partial charge < -0.3 is 19.8 Å². The molecule has 23 heavy (non-hydrogen) atoms. The third-order valence-electron chi connectivity index (χ3n) is 4.15. The number of carbonyl (C=O) groups excluding carboxylic acids is 1. The second kappa shape index (κ2) is 7.94. The standard InChI is InChI=1S/C15H24N4O4/c1-10(16-15(22)19(2)9-8-12(20)21)14-17-13(18-23-14)11-6-4-3-5-7-11/h10-11H,3-9H2,1-2H3,(H,16,22)(H,20,21). The van der Waals surface area contributed by atoms with Crippen molar-refractivity contribution in [3.8, 4) is 0 Å². The van der Waals surface area contributed by atoms with E-state index in [0.29, 0.717) is 11.8 Å². The maximum atomic E-state index is 12.0. The lowest BCUT2D eigenvalue weighted by atomic mass is 9.89. The highest BCUT2D eigenvalue weighted by Gasteiger charge is 2.24. The van der Waals surface area contributed by atoms with E-state index < -0.39 is 12.0 Å². The summed E-state index contributed by atoms with van der Waals surface area (Å²) in [7, 11) is 1.55. The molecule has 0 aliphatic heterocycles. The summed E-state index contributed by atoms with van der Waals surface area (Å²) in [6.07, 6.45) is 5.71. The SMILES string of the molecule is CC(NC(=O)N(C)CCC(=O)O)c1nc(C2CCCCC2)no1. The lowest BCUT2D eigenvalue weighted by Crippen LogP contribution is -2.39. The Morgan fingerprint density at radius 3 is 2.74 bits per heavy atom. The largest absolute Gasteiger partial charge is 0.481 e. The van der Waals surface area contributed by atoms with Gasteiger partial charge >= 0.3 is 12.0 Å². The number of aliphatic carboxylic acids is 1. The second-order valence-corrected chi connectivity index (χ2v) is 6.06. The number of carboxylic acids is 1. The van der Waals surface area contributed by atoms with Crippen molar-refractivity contribution in [2.24, 2.45) is 0 Å². The Labute approximate surface area is 135 Å². The van der Waals surface area contributed by atoms with Gasteiger partial charge in [-0.3, -0.25) is 4.79 Å². The van der Waals surface area contributed by atoms with Crippen LogP contribution >= 0.6 is 0 Å². The first kappa shape index (κ1) is 17.2. The van der Waals surface area contributed by atoms with Crippen LogP contribution in [0.2, 0.25) is 0 Å². The number of carboxylic acid groups (broad SMARTS) is 1. The minimum Gasteiger partial charge on any atom is -0.481 e. The van der Waals surface area contributed by atoms with Crippen LogP contribution in [0.3, 0.4) is 0 Å². The van der Waals surface area contributed by atoms with Crippen LogP contribution in [0.1, 0.15) is 69.1 Å². The lowest BCUT2D eigenvalue weighted by Gasteiger charge is -2.19. The van der Waals surface area contributed by atoms with Gasteiger partial charge in [0.15, 0.2) is 5.82 Å². The van der Waals surface area contributed by atoms with Crippen molar-refractivity contribution >= 4 is 12.0 Å². The van der Waals surface area contributed by atoms with E-state index in [-0.39, 0.29) is 19.0 Å². The van der Waals surface area contributed by atoms with E-state index in [1.165, 1.54) is 24.2 Å². The zero-order chi connectivity index (χ0) is 16.8. The summed E-state index contributed by atoms with van der Waals surface area (Å²) < 4.78 is 5.27. The molecule has 1 aromatic heterocycles. The first-order valence-corrected chi connectivity index (χ1v) is 8.04. The summed E-state index contributed by atoms with van der Waals surface area (Å²) in [4.78, 5) is 28.2. The first-order valence-electron chi connectivity index (χ1n) is 8.04. The van der Waals surface area contributed by atoms with Crippen LogP contribution in [0.5, 0.6) is 0 Å². The highest BCUT2D eigenvalue weighted by Crippen LogP contribution is 2.31. The summed E-state index contributed by atoms with van der Waals surface area (Å²) in [6, 6.07) is -0.782. The molecule has 128 valence electrons. The lowest BCUT2D eigenvalue weighted by molar-refractivity contribution is -0.137. The smallest absolute Gasteiger partial charge is 0.317 e. The van der Waals surface area contributed by atoms with Crippen molar-refractivity contribution in [2.75, 3.05) is 13.6 Å². The van der Waals surface area contributed by atoms with E-state index in [1.54, 1.807) is 14.0 Å². The first-order chi connectivity index (χ1) is 11.0. The minimum atomic E-state index is -0.938. The Morgan fingerprint density at radius 2 is 2.09 bits per heavy atom. The maximum Gasteiger partial charge on any atom is 0.317 e. The number of amides is 2. The number of hydrogen-bond acceptors (Lipinski definition) is 5. The van der Waals surface area contributed by atoms with Crippen LogP contribution in [0.15, 0.2) is 4.52 Å². The van der Waals surface area contributed by atoms with E-state index in [0.717, 1.165) is 18.7 Å². The van der Waals surface area contributed by atoms with Gasteiger partial charge in [0.05, 0.1) is 6.42 Å². The molecule has 2 N–H and O–H groups in total. The Morgan fingerprint density at radius 1 is 1.39 bits per heavy atom. The summed E-state index contributed by atoms with van der Waals surface area (Å²) in [5.74, 6) is 0.514. The number of urea groups is 1. The molecule has 0 bridgehead atoms. The summed E-state index contributed by atoms with van der Waals surface area (Å²) >= 11 is 0. The van der Waals surface area contributed by atoms with Gasteiger partial charge in [-0.1, -0.05) is 24.4 Å². The molecule has 1 unspecified atom stereocenters. The topological polar surface area (TPSA) is 109 Å². The molecule has 1 heterocycles. The normalized spacial score (nSPS) is 16.8. The van der Waals surface area contributed by atoms with Gasteiger partial charge in [0.25, 0.3) is 0 Å². The van der Waals surface area contributed by atoms with Gasteiger partial charge in [-0.2, -0.15) is 4.98 Å². The van der Waals surface area contributed by atoms with Crippen molar-refractivity contribution in [3.63, 3.8) is 0 Å². The molecule has 1 aromatic rings. The monoisotopic (exact) mass is 324 g/mol. The number of nitrogens with one attached hydrogen (secondary N) is 1. The van der Waals surface area contributed by atoms with Gasteiger partial charge in [0.1, 0.15) is 6.04 Å². The van der Waals surface area contributed by atoms with Crippen molar-refractivity contribution in [3.05, 3.63) is 11.7 Å². The Hall–Kier alpha value is -2.12. The highest BCUT2D eigenvalue weighted by molar-refractivity contribution is 5.75. The zero-order valence-corrected chi connectivity index (χ0v) is 13.6. The third kappa shape index (κ3) is 4.94. The van der Waals surface area contributed by atoms with Gasteiger partial charge in [-0.15, -0.1) is 0 Å². The summed E-state index contributed by atoms with van der Waals surface area (Å²) in [5, 5.41) is 15.4. The molecular weight excluding hydrogens is 300 g/mol. The molecule has 8 heteroatoms. The van der Waals surface area contributed by atoms with Crippen LogP contribution in [-0.4, -0.2) is 45.7 Å². The molecule has 2 rings (SSSR count). The van der Waals surface area contributed by atoms with E-state index in [4.69, 9.17) is 9.63 Å². The highest BCUT2D eigenvalue weighted by atomic mass is 16.5. The molecule has 2 amide bonds. The molecule has 8 nitrogen and oxygen atoms in total. The maximum absolute atomic E-state index is 12.0. The van der Waals surface area contributed by atoms with E-state index in [9.17, 15) is 9.59 Å². The molecular formula is C15H24N4O4. The molecule has 0 radical (unpaired) electrons. The number of aromatic nitrogens is 2. The number of hydrogen-bond donors (Lipinski definition) is 2. The van der Waals surface area contributed by atoms with Crippen LogP contribution in [0, 0.1) is 0 Å². The fourth-order valence-electron chi connectivity index (χ4n) is 2.67. The molecule has 1 atom stereocenters.